The number of amides is 1. The van der Waals surface area contributed by atoms with Gasteiger partial charge in [-0.15, -0.1) is 0 Å². The SMILES string of the molecule is COCCCNc1nc2cc(C#N)ccc2n2c(-c3ccc(C(=O)NC4CC4)cc3)cnc12. The molecule has 8 nitrogen and oxygen atoms in total. The summed E-state index contributed by atoms with van der Waals surface area (Å²) in [6.07, 6.45) is 4.76. The quantitative estimate of drug-likeness (QED) is 0.404. The maximum Gasteiger partial charge on any atom is 0.251 e. The molecular weight excluding hydrogens is 416 g/mol. The summed E-state index contributed by atoms with van der Waals surface area (Å²) in [7, 11) is 1.68. The molecule has 5 rings (SSSR count). The van der Waals surface area contributed by atoms with Gasteiger partial charge < -0.3 is 15.4 Å². The van der Waals surface area contributed by atoms with Crippen molar-refractivity contribution in [2.75, 3.05) is 25.6 Å². The van der Waals surface area contributed by atoms with Crippen molar-refractivity contribution in [3.05, 3.63) is 59.8 Å². The predicted octanol–water partition coefficient (Wildman–Crippen LogP) is 3.76. The van der Waals surface area contributed by atoms with E-state index in [-0.39, 0.29) is 5.91 Å². The van der Waals surface area contributed by atoms with Crippen LogP contribution in [0.4, 0.5) is 5.82 Å². The third-order valence-corrected chi connectivity index (χ3v) is 5.72. The lowest BCUT2D eigenvalue weighted by atomic mass is 10.1. The fourth-order valence-corrected chi connectivity index (χ4v) is 3.84. The zero-order valence-corrected chi connectivity index (χ0v) is 18.3. The highest BCUT2D eigenvalue weighted by atomic mass is 16.5. The van der Waals surface area contributed by atoms with Crippen molar-refractivity contribution in [3.63, 3.8) is 0 Å². The monoisotopic (exact) mass is 440 g/mol. The second-order valence-electron chi connectivity index (χ2n) is 8.18. The van der Waals surface area contributed by atoms with E-state index in [1.807, 2.05) is 40.9 Å². The number of methoxy groups -OCH3 is 1. The Morgan fingerprint density at radius 1 is 1.24 bits per heavy atom. The number of benzene rings is 2. The van der Waals surface area contributed by atoms with Gasteiger partial charge in [0.1, 0.15) is 0 Å². The number of nitriles is 1. The summed E-state index contributed by atoms with van der Waals surface area (Å²) in [6.45, 7) is 1.34. The Hall–Kier alpha value is -3.96. The molecule has 1 aliphatic carbocycles. The molecular formula is C25H24N6O2. The molecule has 1 fully saturated rings. The van der Waals surface area contributed by atoms with E-state index in [9.17, 15) is 10.1 Å². The van der Waals surface area contributed by atoms with Crippen LogP contribution in [0.3, 0.4) is 0 Å². The Labute approximate surface area is 191 Å². The van der Waals surface area contributed by atoms with Crippen LogP contribution in [-0.4, -0.2) is 46.6 Å². The number of aromatic nitrogens is 3. The summed E-state index contributed by atoms with van der Waals surface area (Å²) in [6, 6.07) is 15.5. The number of ether oxygens (including phenoxy) is 1. The summed E-state index contributed by atoms with van der Waals surface area (Å²) in [5.74, 6) is 0.615. The molecule has 0 saturated heterocycles. The van der Waals surface area contributed by atoms with Gasteiger partial charge in [-0.05, 0) is 49.6 Å². The largest absolute Gasteiger partial charge is 0.385 e. The first kappa shape index (κ1) is 20.9. The maximum absolute atomic E-state index is 12.4. The molecule has 0 unspecified atom stereocenters. The zero-order chi connectivity index (χ0) is 22.8. The fourth-order valence-electron chi connectivity index (χ4n) is 3.84. The fraction of sp³-hybridized carbons (Fsp3) is 0.280. The molecule has 0 bridgehead atoms. The molecule has 166 valence electrons. The molecule has 1 saturated carbocycles. The van der Waals surface area contributed by atoms with E-state index in [4.69, 9.17) is 9.72 Å². The van der Waals surface area contributed by atoms with Crippen LogP contribution in [0.15, 0.2) is 48.7 Å². The molecule has 8 heteroatoms. The van der Waals surface area contributed by atoms with Gasteiger partial charge in [0.25, 0.3) is 5.91 Å². The first-order valence-corrected chi connectivity index (χ1v) is 11.0. The summed E-state index contributed by atoms with van der Waals surface area (Å²) < 4.78 is 7.18. The average Bonchev–Trinajstić information content (AvgIpc) is 3.55. The molecule has 1 amide bonds. The highest BCUT2D eigenvalue weighted by Crippen LogP contribution is 2.29. The van der Waals surface area contributed by atoms with Gasteiger partial charge in [0.2, 0.25) is 0 Å². The Balaban J connectivity index is 1.56. The van der Waals surface area contributed by atoms with Crippen molar-refractivity contribution >= 4 is 28.4 Å². The number of nitrogens with one attached hydrogen (secondary N) is 2. The smallest absolute Gasteiger partial charge is 0.251 e. The van der Waals surface area contributed by atoms with E-state index in [1.165, 1.54) is 0 Å². The zero-order valence-electron chi connectivity index (χ0n) is 18.3. The van der Waals surface area contributed by atoms with Gasteiger partial charge in [0.05, 0.1) is 34.6 Å². The van der Waals surface area contributed by atoms with Gasteiger partial charge in [-0.2, -0.15) is 5.26 Å². The molecule has 0 radical (unpaired) electrons. The van der Waals surface area contributed by atoms with E-state index >= 15 is 0 Å². The van der Waals surface area contributed by atoms with Gasteiger partial charge in [-0.25, -0.2) is 9.97 Å². The van der Waals surface area contributed by atoms with Crippen molar-refractivity contribution in [2.45, 2.75) is 25.3 Å². The van der Waals surface area contributed by atoms with Crippen LogP contribution in [0.2, 0.25) is 0 Å². The van der Waals surface area contributed by atoms with E-state index in [2.05, 4.69) is 21.7 Å². The minimum Gasteiger partial charge on any atom is -0.385 e. The number of imidazole rings is 1. The molecule has 0 atom stereocenters. The molecule has 0 spiro atoms. The second-order valence-corrected chi connectivity index (χ2v) is 8.18. The maximum atomic E-state index is 12.4. The van der Waals surface area contributed by atoms with Crippen LogP contribution in [-0.2, 0) is 4.74 Å². The summed E-state index contributed by atoms with van der Waals surface area (Å²) in [5.41, 5.74) is 5.28. The van der Waals surface area contributed by atoms with Crippen molar-refractivity contribution in [1.29, 1.82) is 5.26 Å². The van der Waals surface area contributed by atoms with E-state index in [0.29, 0.717) is 47.3 Å². The second kappa shape index (κ2) is 8.88. The number of fused-ring (bicyclic) bond motifs is 3. The Bertz CT molecular complexity index is 1370. The summed E-state index contributed by atoms with van der Waals surface area (Å²) in [5, 5.41) is 15.7. The van der Waals surface area contributed by atoms with Crippen LogP contribution < -0.4 is 10.6 Å². The normalized spacial score (nSPS) is 13.2. The van der Waals surface area contributed by atoms with Gasteiger partial charge in [-0.3, -0.25) is 9.20 Å². The Morgan fingerprint density at radius 3 is 2.79 bits per heavy atom. The van der Waals surface area contributed by atoms with Crippen LogP contribution in [0.25, 0.3) is 27.9 Å². The lowest BCUT2D eigenvalue weighted by Crippen LogP contribution is -2.25. The Kier molecular flexibility index (Phi) is 5.63. The summed E-state index contributed by atoms with van der Waals surface area (Å²) in [4.78, 5) is 21.8. The third-order valence-electron chi connectivity index (χ3n) is 5.72. The first-order valence-electron chi connectivity index (χ1n) is 11.0. The van der Waals surface area contributed by atoms with Crippen LogP contribution in [0, 0.1) is 11.3 Å². The van der Waals surface area contributed by atoms with Crippen molar-refractivity contribution in [3.8, 4) is 17.3 Å². The molecule has 0 aliphatic heterocycles. The van der Waals surface area contributed by atoms with Gasteiger partial charge in [0.15, 0.2) is 11.5 Å². The van der Waals surface area contributed by atoms with E-state index < -0.39 is 0 Å². The standard InChI is InChI=1S/C25H24N6O2/c1-33-12-2-11-27-23-24-28-15-22(31(24)21-10-3-16(14-26)13-20(21)30-23)17-4-6-18(7-5-17)25(32)29-19-8-9-19/h3-7,10,13,15,19H,2,8-9,11-12H2,1H3,(H,27,30)(H,29,32). The third kappa shape index (κ3) is 4.23. The number of nitrogens with zero attached hydrogens (tertiary/aromatic N) is 4. The van der Waals surface area contributed by atoms with Gasteiger partial charge >= 0.3 is 0 Å². The van der Waals surface area contributed by atoms with E-state index in [1.54, 1.807) is 19.2 Å². The molecule has 33 heavy (non-hydrogen) atoms. The summed E-state index contributed by atoms with van der Waals surface area (Å²) >= 11 is 0. The molecule has 1 aliphatic rings. The van der Waals surface area contributed by atoms with Gasteiger partial charge in [0, 0.05) is 37.4 Å². The lowest BCUT2D eigenvalue weighted by Gasteiger charge is -2.12. The molecule has 2 heterocycles. The molecule has 2 N–H and O–H groups in total. The van der Waals surface area contributed by atoms with E-state index in [0.717, 1.165) is 36.0 Å². The van der Waals surface area contributed by atoms with Crippen molar-refractivity contribution < 1.29 is 9.53 Å². The predicted molar refractivity (Wildman–Crippen MR) is 126 cm³/mol. The van der Waals surface area contributed by atoms with Crippen LogP contribution >= 0.6 is 0 Å². The molecule has 2 aromatic carbocycles. The average molecular weight is 441 g/mol. The first-order chi connectivity index (χ1) is 16.2. The minimum absolute atomic E-state index is 0.0385. The molecule has 2 aromatic heterocycles. The Morgan fingerprint density at radius 2 is 2.06 bits per heavy atom. The topological polar surface area (TPSA) is 104 Å². The lowest BCUT2D eigenvalue weighted by molar-refractivity contribution is 0.0951. The highest BCUT2D eigenvalue weighted by molar-refractivity contribution is 5.95. The number of hydrogen-bond donors (Lipinski definition) is 2. The number of carbonyl (C=O) groups is 1. The highest BCUT2D eigenvalue weighted by Gasteiger charge is 2.24. The number of anilines is 1. The van der Waals surface area contributed by atoms with Crippen LogP contribution in [0.1, 0.15) is 35.2 Å². The van der Waals surface area contributed by atoms with Crippen LogP contribution in [0.5, 0.6) is 0 Å². The van der Waals surface area contributed by atoms with Crippen molar-refractivity contribution in [2.24, 2.45) is 0 Å². The number of rotatable bonds is 8. The number of hydrogen-bond acceptors (Lipinski definition) is 6. The van der Waals surface area contributed by atoms with Gasteiger partial charge in [-0.1, -0.05) is 12.1 Å². The number of carbonyl (C=O) groups excluding carboxylic acids is 1. The minimum atomic E-state index is -0.0385. The molecule has 4 aromatic rings. The van der Waals surface area contributed by atoms with Crippen molar-refractivity contribution in [1.82, 2.24) is 19.7 Å².